The van der Waals surface area contributed by atoms with Crippen molar-refractivity contribution in [1.82, 2.24) is 10.6 Å². The fourth-order valence-corrected chi connectivity index (χ4v) is 2.16. The smallest absolute Gasteiger partial charge is 0.0320 e. The van der Waals surface area contributed by atoms with Crippen LogP contribution in [0.1, 0.15) is 17.9 Å². The first-order chi connectivity index (χ1) is 6.93. The molecule has 1 saturated heterocycles. The van der Waals surface area contributed by atoms with Crippen LogP contribution in [0, 0.1) is 0 Å². The summed E-state index contributed by atoms with van der Waals surface area (Å²) in [7, 11) is 0. The molecule has 3 rings (SSSR count). The third-order valence-electron chi connectivity index (χ3n) is 3.25. The van der Waals surface area contributed by atoms with Crippen molar-refractivity contribution in [3.8, 4) is 0 Å². The molecular weight excluding hydrogens is 172 g/mol. The Bertz CT molecular complexity index is 305. The lowest BCUT2D eigenvalue weighted by atomic mass is 10.1. The Hall–Kier alpha value is -0.860. The molecule has 0 bridgehead atoms. The highest BCUT2D eigenvalue weighted by atomic mass is 15.1. The van der Waals surface area contributed by atoms with E-state index in [0.29, 0.717) is 0 Å². The van der Waals surface area contributed by atoms with E-state index in [2.05, 4.69) is 41.0 Å². The second kappa shape index (κ2) is 3.37. The Morgan fingerprint density at radius 2 is 1.93 bits per heavy atom. The summed E-state index contributed by atoms with van der Waals surface area (Å²) >= 11 is 0. The molecule has 14 heavy (non-hydrogen) atoms. The molecule has 74 valence electrons. The van der Waals surface area contributed by atoms with Gasteiger partial charge in [0.05, 0.1) is 0 Å². The molecule has 1 aliphatic heterocycles. The van der Waals surface area contributed by atoms with E-state index in [9.17, 15) is 0 Å². The van der Waals surface area contributed by atoms with Crippen molar-refractivity contribution in [3.63, 3.8) is 0 Å². The van der Waals surface area contributed by atoms with Gasteiger partial charge in [-0.15, -0.1) is 0 Å². The Kier molecular flexibility index (Phi) is 2.03. The summed E-state index contributed by atoms with van der Waals surface area (Å²) < 4.78 is 0. The molecule has 1 aromatic carbocycles. The van der Waals surface area contributed by atoms with Crippen LogP contribution in [0.4, 0.5) is 0 Å². The molecule has 0 spiro atoms. The molecule has 2 nitrogen and oxygen atoms in total. The molecule has 2 heteroatoms. The van der Waals surface area contributed by atoms with Crippen LogP contribution in [0.5, 0.6) is 0 Å². The summed E-state index contributed by atoms with van der Waals surface area (Å²) in [6.07, 6.45) is 1.32. The standard InChI is InChI=1S/C12H16N2/c1-2-4-9(5-3-1)11-6-12(11)14-10-7-13-8-10/h1-5,10-14H,6-8H2/t11?,12-/m1/s1. The number of nitrogens with one attached hydrogen (secondary N) is 2. The first-order valence-electron chi connectivity index (χ1n) is 5.45. The maximum Gasteiger partial charge on any atom is 0.0320 e. The maximum atomic E-state index is 3.68. The monoisotopic (exact) mass is 188 g/mol. The highest BCUT2D eigenvalue weighted by Gasteiger charge is 2.39. The fraction of sp³-hybridized carbons (Fsp3) is 0.500. The molecule has 0 aromatic heterocycles. The largest absolute Gasteiger partial charge is 0.314 e. The van der Waals surface area contributed by atoms with Gasteiger partial charge in [-0.3, -0.25) is 0 Å². The van der Waals surface area contributed by atoms with Gasteiger partial charge in [-0.25, -0.2) is 0 Å². The first-order valence-corrected chi connectivity index (χ1v) is 5.45. The normalized spacial score (nSPS) is 31.1. The molecule has 2 N–H and O–H groups in total. The zero-order chi connectivity index (χ0) is 9.38. The van der Waals surface area contributed by atoms with Gasteiger partial charge < -0.3 is 10.6 Å². The van der Waals surface area contributed by atoms with Crippen molar-refractivity contribution in [2.75, 3.05) is 13.1 Å². The molecule has 1 heterocycles. The molecule has 2 aliphatic rings. The van der Waals surface area contributed by atoms with Gasteiger partial charge in [-0.1, -0.05) is 30.3 Å². The zero-order valence-electron chi connectivity index (χ0n) is 8.24. The first kappa shape index (κ1) is 8.45. The zero-order valence-corrected chi connectivity index (χ0v) is 8.24. The van der Waals surface area contributed by atoms with Crippen molar-refractivity contribution in [3.05, 3.63) is 35.9 Å². The third kappa shape index (κ3) is 1.56. The van der Waals surface area contributed by atoms with Crippen LogP contribution in [-0.4, -0.2) is 25.2 Å². The van der Waals surface area contributed by atoms with E-state index in [1.165, 1.54) is 12.0 Å². The summed E-state index contributed by atoms with van der Waals surface area (Å²) in [5.41, 5.74) is 1.50. The van der Waals surface area contributed by atoms with Crippen LogP contribution in [0.2, 0.25) is 0 Å². The Morgan fingerprint density at radius 3 is 2.57 bits per heavy atom. The summed E-state index contributed by atoms with van der Waals surface area (Å²) in [5.74, 6) is 0.775. The SMILES string of the molecule is c1ccc(C2C[C@H]2NC2CNC2)cc1. The lowest BCUT2D eigenvalue weighted by Gasteiger charge is -2.28. The summed E-state index contributed by atoms with van der Waals surface area (Å²) in [6, 6.07) is 12.3. The van der Waals surface area contributed by atoms with E-state index in [-0.39, 0.29) is 0 Å². The van der Waals surface area contributed by atoms with E-state index < -0.39 is 0 Å². The van der Waals surface area contributed by atoms with Gasteiger partial charge in [0.1, 0.15) is 0 Å². The number of hydrogen-bond acceptors (Lipinski definition) is 2. The van der Waals surface area contributed by atoms with Crippen LogP contribution < -0.4 is 10.6 Å². The summed E-state index contributed by atoms with van der Waals surface area (Å²) in [5, 5.41) is 6.96. The predicted molar refractivity (Wildman–Crippen MR) is 57.4 cm³/mol. The van der Waals surface area contributed by atoms with E-state index >= 15 is 0 Å². The molecule has 1 saturated carbocycles. The minimum Gasteiger partial charge on any atom is -0.314 e. The average Bonchev–Trinajstić information content (AvgIpc) is 2.92. The van der Waals surface area contributed by atoms with Crippen molar-refractivity contribution in [2.24, 2.45) is 0 Å². The van der Waals surface area contributed by atoms with Gasteiger partial charge in [-0.2, -0.15) is 0 Å². The quantitative estimate of drug-likeness (QED) is 0.742. The predicted octanol–water partition coefficient (Wildman–Crippen LogP) is 1.10. The van der Waals surface area contributed by atoms with Crippen LogP contribution in [0.3, 0.4) is 0 Å². The summed E-state index contributed by atoms with van der Waals surface area (Å²) in [6.45, 7) is 2.30. The van der Waals surface area contributed by atoms with Crippen molar-refractivity contribution >= 4 is 0 Å². The number of hydrogen-bond donors (Lipinski definition) is 2. The van der Waals surface area contributed by atoms with Crippen molar-refractivity contribution in [1.29, 1.82) is 0 Å². The van der Waals surface area contributed by atoms with E-state index in [0.717, 1.165) is 31.1 Å². The van der Waals surface area contributed by atoms with Gasteiger partial charge in [-0.05, 0) is 12.0 Å². The maximum absolute atomic E-state index is 3.68. The molecule has 0 radical (unpaired) electrons. The minimum atomic E-state index is 0.730. The van der Waals surface area contributed by atoms with E-state index in [1.54, 1.807) is 0 Å². The topological polar surface area (TPSA) is 24.1 Å². The van der Waals surface area contributed by atoms with E-state index in [1.807, 2.05) is 0 Å². The van der Waals surface area contributed by atoms with Crippen LogP contribution in [0.15, 0.2) is 30.3 Å². The Labute approximate surface area is 84.7 Å². The fourth-order valence-electron chi connectivity index (χ4n) is 2.16. The average molecular weight is 188 g/mol. The van der Waals surface area contributed by atoms with Gasteiger partial charge in [0.25, 0.3) is 0 Å². The molecular formula is C12H16N2. The molecule has 1 aliphatic carbocycles. The Balaban J connectivity index is 1.57. The third-order valence-corrected chi connectivity index (χ3v) is 3.25. The second-order valence-corrected chi connectivity index (χ2v) is 4.38. The molecule has 1 aromatic rings. The van der Waals surface area contributed by atoms with E-state index in [4.69, 9.17) is 0 Å². The molecule has 0 amide bonds. The van der Waals surface area contributed by atoms with Crippen molar-refractivity contribution < 1.29 is 0 Å². The van der Waals surface area contributed by atoms with Gasteiger partial charge >= 0.3 is 0 Å². The number of benzene rings is 1. The van der Waals surface area contributed by atoms with Gasteiger partial charge in [0, 0.05) is 31.1 Å². The van der Waals surface area contributed by atoms with Crippen LogP contribution >= 0.6 is 0 Å². The van der Waals surface area contributed by atoms with Gasteiger partial charge in [0.2, 0.25) is 0 Å². The highest BCUT2D eigenvalue weighted by molar-refractivity contribution is 5.27. The lowest BCUT2D eigenvalue weighted by Crippen LogP contribution is -2.56. The Morgan fingerprint density at radius 1 is 1.14 bits per heavy atom. The summed E-state index contributed by atoms with van der Waals surface area (Å²) in [4.78, 5) is 0. The molecule has 2 fully saturated rings. The van der Waals surface area contributed by atoms with Gasteiger partial charge in [0.15, 0.2) is 0 Å². The highest BCUT2D eigenvalue weighted by Crippen LogP contribution is 2.40. The van der Waals surface area contributed by atoms with Crippen LogP contribution in [0.25, 0.3) is 0 Å². The molecule has 2 atom stereocenters. The van der Waals surface area contributed by atoms with Crippen molar-refractivity contribution in [2.45, 2.75) is 24.4 Å². The number of rotatable bonds is 3. The van der Waals surface area contributed by atoms with Crippen LogP contribution in [-0.2, 0) is 0 Å². The lowest BCUT2D eigenvalue weighted by molar-refractivity contribution is 0.362. The molecule has 1 unspecified atom stereocenters. The minimum absolute atomic E-state index is 0.730. The second-order valence-electron chi connectivity index (χ2n) is 4.38.